The summed E-state index contributed by atoms with van der Waals surface area (Å²) in [5.74, 6) is -12.5. The Labute approximate surface area is 490 Å². The molecule has 1 saturated heterocycles. The van der Waals surface area contributed by atoms with Crippen molar-refractivity contribution in [2.24, 2.45) is 39.8 Å². The van der Waals surface area contributed by atoms with E-state index in [-0.39, 0.29) is 69.2 Å². The number of aromatic nitrogens is 2. The second kappa shape index (κ2) is 33.7. The van der Waals surface area contributed by atoms with E-state index in [1.165, 1.54) is 41.7 Å². The molecule has 22 N–H and O–H groups in total. The lowest BCUT2D eigenvalue weighted by Crippen LogP contribution is -2.64. The molecule has 472 valence electrons. The Balaban J connectivity index is 1.87. The average Bonchev–Trinajstić information content (AvgIpc) is 4.27. The number of nitrogens with one attached hydrogen (secondary N) is 9. The number of amides is 10. The number of aromatic hydroxyl groups is 1. The summed E-state index contributed by atoms with van der Waals surface area (Å²) in [4.78, 5) is 161. The number of nitrogens with zero attached hydrogens (tertiary/aromatic N) is 3. The molecule has 1 aromatic carbocycles. The minimum absolute atomic E-state index is 0.00763. The van der Waals surface area contributed by atoms with Gasteiger partial charge in [0.15, 0.2) is 5.96 Å². The van der Waals surface area contributed by atoms with Gasteiger partial charge in [-0.25, -0.2) is 9.78 Å². The predicted octanol–water partition coefficient (Wildman–Crippen LogP) is -6.04. The Kier molecular flexibility index (Phi) is 28.1. The van der Waals surface area contributed by atoms with Gasteiger partial charge in [-0.05, 0) is 82.4 Å². The van der Waals surface area contributed by atoms with Crippen molar-refractivity contribution in [2.45, 2.75) is 179 Å². The molecule has 13 atom stereocenters. The molecule has 2 heterocycles. The van der Waals surface area contributed by atoms with Crippen LogP contribution >= 0.6 is 0 Å². The van der Waals surface area contributed by atoms with Gasteiger partial charge in [0.05, 0.1) is 37.1 Å². The number of aromatic amines is 1. The normalized spacial score (nSPS) is 17.3. The number of aliphatic hydroxyl groups excluding tert-OH is 3. The molecule has 1 aliphatic heterocycles. The number of carbonyl (C=O) groups is 11. The fourth-order valence-electron chi connectivity index (χ4n) is 8.98. The molecule has 32 nitrogen and oxygen atoms in total. The van der Waals surface area contributed by atoms with Crippen LogP contribution in [-0.2, 0) is 65.6 Å². The van der Waals surface area contributed by atoms with Crippen molar-refractivity contribution in [1.29, 1.82) is 0 Å². The van der Waals surface area contributed by atoms with Crippen molar-refractivity contribution < 1.29 is 78.3 Å². The largest absolute Gasteiger partial charge is 0.508 e. The van der Waals surface area contributed by atoms with E-state index in [0.717, 1.165) is 20.8 Å². The Hall–Kier alpha value is -8.49. The van der Waals surface area contributed by atoms with Gasteiger partial charge < -0.3 is 101 Å². The molecule has 1 aromatic heterocycles. The van der Waals surface area contributed by atoms with Gasteiger partial charge in [-0.1, -0.05) is 39.8 Å². The third-order valence-electron chi connectivity index (χ3n) is 13.5. The van der Waals surface area contributed by atoms with Crippen molar-refractivity contribution in [3.8, 4) is 5.75 Å². The third kappa shape index (κ3) is 22.9. The quantitative estimate of drug-likeness (QED) is 0.0176. The molecule has 85 heavy (non-hydrogen) atoms. The van der Waals surface area contributed by atoms with Crippen LogP contribution < -0.4 is 65.5 Å². The predicted molar refractivity (Wildman–Crippen MR) is 303 cm³/mol. The van der Waals surface area contributed by atoms with E-state index < -0.39 is 156 Å². The summed E-state index contributed by atoms with van der Waals surface area (Å²) >= 11 is 0. The standard InChI is InChI=1S/C53H84N16O16/c1-24(2)18-34(63-48(80)40(26(5)70)66-43(75)32(54)21-38(55)74)45(77)67-41(27(6)71)50(82)68-42(28(7)72)49(81)65-39(25(3)4)47(79)64-36(19-29-12-14-31(73)15-13-29)51(83)69-17-9-11-37(69)46(78)62-35(20-30-22-58-23-60-30)44(76)61-33(52(84)85)10-8-16-59-53(56)57/h12-15,22-28,32-37,39-42,70-73H,8-11,16-21,54H2,1-7H3,(H2,55,74)(H,58,60)(H,61,76)(H,62,78)(H,63,80)(H,64,79)(H,65,81)(H,66,75)(H,67,77)(H,68,82)(H,84,85)(H4,56,57,59)/t26-,27-,28-,32+,33+,34+,35+,36+,37+,39+,40+,41+,42+/m1/s1. The summed E-state index contributed by atoms with van der Waals surface area (Å²) in [5.41, 5.74) is 22.4. The number of likely N-dealkylation sites (tertiary alicyclic amines) is 1. The second-order valence-corrected chi connectivity index (χ2v) is 21.7. The summed E-state index contributed by atoms with van der Waals surface area (Å²) in [6.45, 7) is 9.96. The number of imidazole rings is 1. The van der Waals surface area contributed by atoms with Gasteiger partial charge in [-0.3, -0.25) is 52.9 Å². The SMILES string of the molecule is CC(C)C[C@H](NC(=O)[C@@H](NC(=O)[C@@H](N)CC(N)=O)[C@@H](C)O)C(=O)N[C@H](C(=O)N[C@H](C(=O)N[C@H](C(=O)N[C@@H](Cc1ccc(O)cc1)C(=O)N1CCC[C@H]1C(=O)N[C@@H](Cc1cnc[nH]1)C(=O)N[C@@H](CCCN=C(N)N)C(=O)O)C(C)C)[C@@H](C)O)[C@@H](C)O. The molecule has 0 saturated carbocycles. The lowest BCUT2D eigenvalue weighted by Gasteiger charge is -2.32. The van der Waals surface area contributed by atoms with Gasteiger partial charge in [0, 0.05) is 37.8 Å². The van der Waals surface area contributed by atoms with Crippen LogP contribution in [0.5, 0.6) is 5.75 Å². The Bertz CT molecular complexity index is 2650. The smallest absolute Gasteiger partial charge is 0.326 e. The first kappa shape index (κ1) is 70.8. The molecule has 0 bridgehead atoms. The zero-order chi connectivity index (χ0) is 64.0. The fraction of sp³-hybridized carbons (Fsp3) is 0.604. The molecule has 0 aliphatic carbocycles. The van der Waals surface area contributed by atoms with Crippen LogP contribution in [0.1, 0.15) is 98.2 Å². The van der Waals surface area contributed by atoms with Crippen LogP contribution in [0.2, 0.25) is 0 Å². The number of hydrogen-bond acceptors (Lipinski definition) is 18. The van der Waals surface area contributed by atoms with E-state index >= 15 is 0 Å². The summed E-state index contributed by atoms with van der Waals surface area (Å²) in [5, 5.41) is 71.5. The topological polar surface area (TPSA) is 534 Å². The number of aliphatic carboxylic acids is 1. The summed E-state index contributed by atoms with van der Waals surface area (Å²) in [6, 6.07) is -9.66. The molecule has 32 heteroatoms. The molecule has 1 fully saturated rings. The van der Waals surface area contributed by atoms with Crippen molar-refractivity contribution >= 4 is 71.0 Å². The summed E-state index contributed by atoms with van der Waals surface area (Å²) in [7, 11) is 0. The van der Waals surface area contributed by atoms with Crippen LogP contribution in [-0.4, -0.2) is 203 Å². The molecular weight excluding hydrogens is 1120 g/mol. The van der Waals surface area contributed by atoms with Crippen molar-refractivity contribution in [1.82, 2.24) is 57.4 Å². The highest BCUT2D eigenvalue weighted by Gasteiger charge is 2.42. The number of nitrogens with two attached hydrogens (primary N) is 4. The Morgan fingerprint density at radius 3 is 1.67 bits per heavy atom. The van der Waals surface area contributed by atoms with Gasteiger partial charge in [0.25, 0.3) is 0 Å². The maximum absolute atomic E-state index is 14.8. The molecule has 1 aliphatic rings. The minimum Gasteiger partial charge on any atom is -0.508 e. The monoisotopic (exact) mass is 1200 g/mol. The van der Waals surface area contributed by atoms with Gasteiger partial charge in [-0.15, -0.1) is 0 Å². The summed E-state index contributed by atoms with van der Waals surface area (Å²) < 4.78 is 0. The van der Waals surface area contributed by atoms with Crippen molar-refractivity contribution in [3.05, 3.63) is 48.0 Å². The highest BCUT2D eigenvalue weighted by atomic mass is 16.4. The van der Waals surface area contributed by atoms with E-state index in [4.69, 9.17) is 22.9 Å². The van der Waals surface area contributed by atoms with Crippen LogP contribution in [0.25, 0.3) is 0 Å². The minimum atomic E-state index is -1.87. The van der Waals surface area contributed by atoms with E-state index in [1.807, 2.05) is 0 Å². The lowest BCUT2D eigenvalue weighted by molar-refractivity contribution is -0.144. The van der Waals surface area contributed by atoms with Crippen LogP contribution in [0, 0.1) is 11.8 Å². The summed E-state index contributed by atoms with van der Waals surface area (Å²) in [6.07, 6.45) is -2.75. The Morgan fingerprint density at radius 2 is 1.16 bits per heavy atom. The third-order valence-corrected chi connectivity index (χ3v) is 13.5. The van der Waals surface area contributed by atoms with Gasteiger partial charge in [0.2, 0.25) is 59.1 Å². The number of primary amides is 1. The first-order valence-electron chi connectivity index (χ1n) is 27.7. The maximum Gasteiger partial charge on any atom is 0.326 e. The molecule has 0 spiro atoms. The van der Waals surface area contributed by atoms with Crippen molar-refractivity contribution in [3.63, 3.8) is 0 Å². The number of hydrogen-bond donors (Lipinski definition) is 18. The second-order valence-electron chi connectivity index (χ2n) is 21.7. The zero-order valence-electron chi connectivity index (χ0n) is 48.6. The number of carbonyl (C=O) groups excluding carboxylic acids is 10. The average molecular weight is 1200 g/mol. The number of carboxylic acid groups (broad SMARTS) is 1. The molecule has 3 rings (SSSR count). The number of aliphatic imine (C=N–C) groups is 1. The number of phenols is 1. The zero-order valence-corrected chi connectivity index (χ0v) is 48.6. The van der Waals surface area contributed by atoms with E-state index in [9.17, 15) is 78.3 Å². The molecule has 10 amide bonds. The van der Waals surface area contributed by atoms with Crippen LogP contribution in [0.3, 0.4) is 0 Å². The number of benzene rings is 1. The van der Waals surface area contributed by atoms with Gasteiger partial charge in [-0.2, -0.15) is 0 Å². The van der Waals surface area contributed by atoms with Gasteiger partial charge >= 0.3 is 5.97 Å². The first-order chi connectivity index (χ1) is 39.8. The number of carboxylic acids is 1. The van der Waals surface area contributed by atoms with E-state index in [0.29, 0.717) is 17.7 Å². The fourth-order valence-corrected chi connectivity index (χ4v) is 8.98. The number of rotatable bonds is 34. The van der Waals surface area contributed by atoms with Gasteiger partial charge in [0.1, 0.15) is 60.1 Å². The highest BCUT2D eigenvalue weighted by molar-refractivity contribution is 5.99. The molecule has 0 unspecified atom stereocenters. The number of guanidine groups is 1. The highest BCUT2D eigenvalue weighted by Crippen LogP contribution is 2.22. The first-order valence-corrected chi connectivity index (χ1v) is 27.7. The number of phenolic OH excluding ortho intramolecular Hbond substituents is 1. The van der Waals surface area contributed by atoms with Crippen molar-refractivity contribution in [2.75, 3.05) is 13.1 Å². The van der Waals surface area contributed by atoms with Crippen LogP contribution in [0.4, 0.5) is 0 Å². The lowest BCUT2D eigenvalue weighted by atomic mass is 9.99. The maximum atomic E-state index is 14.8. The van der Waals surface area contributed by atoms with Crippen LogP contribution in [0.15, 0.2) is 41.8 Å². The number of H-pyrrole nitrogens is 1. The molecule has 0 radical (unpaired) electrons. The Morgan fingerprint density at radius 1 is 0.659 bits per heavy atom. The number of aliphatic hydroxyl groups is 3. The van der Waals surface area contributed by atoms with E-state index in [1.54, 1.807) is 27.7 Å². The van der Waals surface area contributed by atoms with E-state index in [2.05, 4.69) is 57.5 Å². The molecule has 2 aromatic rings. The molecular formula is C53H84N16O16.